The molecule has 1 fully saturated rings. The molecule has 0 radical (unpaired) electrons. The first kappa shape index (κ1) is 8.99. The lowest BCUT2D eigenvalue weighted by Crippen LogP contribution is -2.12. The van der Waals surface area contributed by atoms with E-state index in [4.69, 9.17) is 9.15 Å². The Labute approximate surface area is 80.8 Å². The first-order valence-electron chi connectivity index (χ1n) is 4.50. The third-order valence-corrected chi connectivity index (χ3v) is 2.27. The molecular formula is C10H10O4. The summed E-state index contributed by atoms with van der Waals surface area (Å²) in [5.41, 5.74) is 0. The highest BCUT2D eigenvalue weighted by molar-refractivity contribution is 5.95. The second-order valence-corrected chi connectivity index (χ2v) is 3.26. The second kappa shape index (κ2) is 3.65. The summed E-state index contributed by atoms with van der Waals surface area (Å²) in [5.74, 6) is -0.388. The average molecular weight is 194 g/mol. The van der Waals surface area contributed by atoms with Crippen molar-refractivity contribution in [1.29, 1.82) is 0 Å². The second-order valence-electron chi connectivity index (χ2n) is 3.26. The van der Waals surface area contributed by atoms with E-state index < -0.39 is 0 Å². The van der Waals surface area contributed by atoms with Gasteiger partial charge in [0.1, 0.15) is 0 Å². The Morgan fingerprint density at radius 2 is 2.43 bits per heavy atom. The lowest BCUT2D eigenvalue weighted by atomic mass is 10.0. The van der Waals surface area contributed by atoms with Gasteiger partial charge in [0, 0.05) is 6.42 Å². The lowest BCUT2D eigenvalue weighted by Gasteiger charge is -2.01. The van der Waals surface area contributed by atoms with Gasteiger partial charge in [-0.15, -0.1) is 0 Å². The number of rotatable bonds is 3. The SMILES string of the molecule is O=C(C[C@H]1CCOC1=O)c1ccco1. The van der Waals surface area contributed by atoms with Crippen LogP contribution in [0.2, 0.25) is 0 Å². The van der Waals surface area contributed by atoms with E-state index in [1.165, 1.54) is 6.26 Å². The standard InChI is InChI=1S/C10H10O4/c11-8(9-2-1-4-13-9)6-7-3-5-14-10(7)12/h1-2,4,7H,3,5-6H2/t7-/m1/s1. The van der Waals surface area contributed by atoms with Crippen molar-refractivity contribution in [2.45, 2.75) is 12.8 Å². The number of carbonyl (C=O) groups excluding carboxylic acids is 2. The molecule has 2 rings (SSSR count). The van der Waals surface area contributed by atoms with Crippen LogP contribution in [0.1, 0.15) is 23.4 Å². The summed E-state index contributed by atoms with van der Waals surface area (Å²) in [6, 6.07) is 3.25. The molecular weight excluding hydrogens is 184 g/mol. The third-order valence-electron chi connectivity index (χ3n) is 2.27. The number of carbonyl (C=O) groups is 2. The zero-order valence-electron chi connectivity index (χ0n) is 7.56. The molecule has 0 aliphatic carbocycles. The van der Waals surface area contributed by atoms with Crippen LogP contribution in [0.25, 0.3) is 0 Å². The molecule has 1 aliphatic rings. The summed E-state index contributed by atoms with van der Waals surface area (Å²) in [7, 11) is 0. The van der Waals surface area contributed by atoms with Crippen LogP contribution < -0.4 is 0 Å². The van der Waals surface area contributed by atoms with Crippen molar-refractivity contribution in [2.75, 3.05) is 6.61 Å². The highest BCUT2D eigenvalue weighted by atomic mass is 16.5. The van der Waals surface area contributed by atoms with Crippen molar-refractivity contribution < 1.29 is 18.7 Å². The maximum atomic E-state index is 11.5. The van der Waals surface area contributed by atoms with Crippen LogP contribution in [-0.4, -0.2) is 18.4 Å². The Morgan fingerprint density at radius 1 is 1.57 bits per heavy atom. The van der Waals surface area contributed by atoms with Gasteiger partial charge in [0.25, 0.3) is 0 Å². The molecule has 4 heteroatoms. The van der Waals surface area contributed by atoms with Gasteiger partial charge in [0.15, 0.2) is 11.5 Å². The number of ketones is 1. The maximum absolute atomic E-state index is 11.5. The monoisotopic (exact) mass is 194 g/mol. The molecule has 14 heavy (non-hydrogen) atoms. The van der Waals surface area contributed by atoms with Crippen molar-refractivity contribution in [3.8, 4) is 0 Å². The molecule has 0 unspecified atom stereocenters. The Hall–Kier alpha value is -1.58. The van der Waals surface area contributed by atoms with E-state index in [0.717, 1.165) is 0 Å². The molecule has 0 aromatic carbocycles. The molecule has 74 valence electrons. The van der Waals surface area contributed by atoms with Gasteiger partial charge in [-0.3, -0.25) is 9.59 Å². The molecule has 0 spiro atoms. The summed E-state index contributed by atoms with van der Waals surface area (Å²) in [5, 5.41) is 0. The van der Waals surface area contributed by atoms with E-state index in [-0.39, 0.29) is 24.1 Å². The molecule has 0 amide bonds. The van der Waals surface area contributed by atoms with E-state index in [1.54, 1.807) is 12.1 Å². The minimum Gasteiger partial charge on any atom is -0.465 e. The number of Topliss-reactive ketones (excluding diaryl/α,β-unsaturated/α-hetero) is 1. The van der Waals surface area contributed by atoms with Crippen LogP contribution in [0.5, 0.6) is 0 Å². The van der Waals surface area contributed by atoms with Gasteiger partial charge in [0.2, 0.25) is 0 Å². The van der Waals surface area contributed by atoms with Crippen LogP contribution in [0, 0.1) is 5.92 Å². The van der Waals surface area contributed by atoms with Crippen molar-refractivity contribution in [3.63, 3.8) is 0 Å². The summed E-state index contributed by atoms with van der Waals surface area (Å²) in [6.07, 6.45) is 2.26. The van der Waals surface area contributed by atoms with E-state index in [2.05, 4.69) is 0 Å². The average Bonchev–Trinajstić information content (AvgIpc) is 2.77. The quantitative estimate of drug-likeness (QED) is 0.539. The topological polar surface area (TPSA) is 56.5 Å². The lowest BCUT2D eigenvalue weighted by molar-refractivity contribution is -0.141. The Morgan fingerprint density at radius 3 is 3.00 bits per heavy atom. The zero-order valence-corrected chi connectivity index (χ0v) is 7.56. The van der Waals surface area contributed by atoms with Crippen molar-refractivity contribution in [2.24, 2.45) is 5.92 Å². The van der Waals surface area contributed by atoms with Crippen LogP contribution in [0.15, 0.2) is 22.8 Å². The fraction of sp³-hybridized carbons (Fsp3) is 0.400. The van der Waals surface area contributed by atoms with Gasteiger partial charge in [0.05, 0.1) is 18.8 Å². The van der Waals surface area contributed by atoms with Gasteiger partial charge >= 0.3 is 5.97 Å². The van der Waals surface area contributed by atoms with E-state index in [9.17, 15) is 9.59 Å². The molecule has 1 aromatic rings. The minimum atomic E-state index is -0.285. The predicted octanol–water partition coefficient (Wildman–Crippen LogP) is 1.42. The Kier molecular flexibility index (Phi) is 2.35. The molecule has 0 saturated carbocycles. The Balaban J connectivity index is 1.98. The summed E-state index contributed by atoms with van der Waals surface area (Å²) in [6.45, 7) is 0.426. The number of furan rings is 1. The van der Waals surface area contributed by atoms with Crippen LogP contribution in [0.3, 0.4) is 0 Å². The molecule has 1 aliphatic heterocycles. The zero-order chi connectivity index (χ0) is 9.97. The number of cyclic esters (lactones) is 1. The summed E-state index contributed by atoms with van der Waals surface area (Å²) < 4.78 is 9.70. The molecule has 1 atom stereocenters. The Bertz CT molecular complexity index is 339. The van der Waals surface area contributed by atoms with Gasteiger partial charge in [-0.05, 0) is 18.6 Å². The number of hydrogen-bond acceptors (Lipinski definition) is 4. The van der Waals surface area contributed by atoms with Crippen LogP contribution in [-0.2, 0) is 9.53 Å². The van der Waals surface area contributed by atoms with Gasteiger partial charge in [-0.25, -0.2) is 0 Å². The first-order valence-corrected chi connectivity index (χ1v) is 4.50. The van der Waals surface area contributed by atoms with E-state index >= 15 is 0 Å². The summed E-state index contributed by atoms with van der Waals surface area (Å²) in [4.78, 5) is 22.6. The summed E-state index contributed by atoms with van der Waals surface area (Å²) >= 11 is 0. The smallest absolute Gasteiger partial charge is 0.309 e. The molecule has 1 aromatic heterocycles. The van der Waals surface area contributed by atoms with E-state index in [1.807, 2.05) is 0 Å². The first-order chi connectivity index (χ1) is 6.77. The van der Waals surface area contributed by atoms with E-state index in [0.29, 0.717) is 18.8 Å². The molecule has 0 N–H and O–H groups in total. The normalized spacial score (nSPS) is 20.9. The van der Waals surface area contributed by atoms with Gasteiger partial charge in [-0.2, -0.15) is 0 Å². The van der Waals surface area contributed by atoms with Crippen molar-refractivity contribution in [1.82, 2.24) is 0 Å². The maximum Gasteiger partial charge on any atom is 0.309 e. The third kappa shape index (κ3) is 1.69. The largest absolute Gasteiger partial charge is 0.465 e. The molecule has 0 bridgehead atoms. The fourth-order valence-corrected chi connectivity index (χ4v) is 1.48. The molecule has 4 nitrogen and oxygen atoms in total. The number of esters is 1. The van der Waals surface area contributed by atoms with Gasteiger partial charge < -0.3 is 9.15 Å². The predicted molar refractivity (Wildman–Crippen MR) is 46.7 cm³/mol. The number of ether oxygens (including phenoxy) is 1. The molecule has 2 heterocycles. The van der Waals surface area contributed by atoms with Gasteiger partial charge in [-0.1, -0.05) is 0 Å². The number of hydrogen-bond donors (Lipinski definition) is 0. The minimum absolute atomic E-state index is 0.140. The highest BCUT2D eigenvalue weighted by Crippen LogP contribution is 2.20. The van der Waals surface area contributed by atoms with Crippen molar-refractivity contribution >= 4 is 11.8 Å². The fourth-order valence-electron chi connectivity index (χ4n) is 1.48. The van der Waals surface area contributed by atoms with Crippen molar-refractivity contribution in [3.05, 3.63) is 24.2 Å². The van der Waals surface area contributed by atoms with Crippen LogP contribution in [0.4, 0.5) is 0 Å². The van der Waals surface area contributed by atoms with Crippen LogP contribution >= 0.6 is 0 Å². The highest BCUT2D eigenvalue weighted by Gasteiger charge is 2.29. The molecule has 1 saturated heterocycles.